The minimum absolute atomic E-state index is 0.211. The van der Waals surface area contributed by atoms with Gasteiger partial charge in [-0.1, -0.05) is 11.6 Å². The first kappa shape index (κ1) is 19.0. The molecule has 0 unspecified atom stereocenters. The fourth-order valence-electron chi connectivity index (χ4n) is 3.29. The van der Waals surface area contributed by atoms with Gasteiger partial charge in [0.25, 0.3) is 0 Å². The molecular formula is C17H22ClN3O4S. The maximum absolute atomic E-state index is 12.6. The lowest BCUT2D eigenvalue weighted by Crippen LogP contribution is -2.37. The number of likely N-dealkylation sites (tertiary alicyclic amines) is 1. The van der Waals surface area contributed by atoms with E-state index in [0.717, 1.165) is 12.7 Å². The van der Waals surface area contributed by atoms with Crippen molar-refractivity contribution in [2.45, 2.75) is 45.3 Å². The molecule has 1 amide bonds. The molecule has 0 bridgehead atoms. The van der Waals surface area contributed by atoms with Crippen molar-refractivity contribution in [2.75, 3.05) is 12.8 Å². The topological polar surface area (TPSA) is 81.5 Å². The molecule has 0 N–H and O–H groups in total. The molecule has 1 fully saturated rings. The van der Waals surface area contributed by atoms with Crippen LogP contribution >= 0.6 is 11.6 Å². The first-order valence-electron chi connectivity index (χ1n) is 8.34. The van der Waals surface area contributed by atoms with Crippen LogP contribution in [0.15, 0.2) is 18.3 Å². The highest BCUT2D eigenvalue weighted by Gasteiger charge is 2.36. The van der Waals surface area contributed by atoms with Gasteiger partial charge in [0.2, 0.25) is 10.0 Å². The Morgan fingerprint density at radius 1 is 1.35 bits per heavy atom. The van der Waals surface area contributed by atoms with E-state index in [1.54, 1.807) is 31.7 Å². The zero-order valence-electron chi connectivity index (χ0n) is 15.2. The average molecular weight is 400 g/mol. The molecule has 0 aliphatic carbocycles. The number of pyridine rings is 1. The fourth-order valence-corrected chi connectivity index (χ4v) is 4.51. The summed E-state index contributed by atoms with van der Waals surface area (Å²) in [6.07, 6.45) is 3.66. The summed E-state index contributed by atoms with van der Waals surface area (Å²) >= 11 is 5.96. The van der Waals surface area contributed by atoms with E-state index in [1.807, 2.05) is 0 Å². The number of rotatable bonds is 2. The maximum atomic E-state index is 12.6. The predicted octanol–water partition coefficient (Wildman–Crippen LogP) is 3.57. The second-order valence-corrected chi connectivity index (χ2v) is 9.71. The van der Waals surface area contributed by atoms with Gasteiger partial charge in [-0.15, -0.1) is 0 Å². The molecule has 0 aromatic carbocycles. The third-order valence-electron chi connectivity index (χ3n) is 4.19. The number of halogens is 1. The predicted molar refractivity (Wildman–Crippen MR) is 99.9 cm³/mol. The lowest BCUT2D eigenvalue weighted by atomic mass is 10.1. The number of amides is 1. The van der Waals surface area contributed by atoms with E-state index >= 15 is 0 Å². The number of ether oxygens (including phenoxy) is 1. The lowest BCUT2D eigenvalue weighted by Gasteiger charge is -2.29. The van der Waals surface area contributed by atoms with Gasteiger partial charge in [0.05, 0.1) is 23.5 Å². The van der Waals surface area contributed by atoms with Gasteiger partial charge in [0.15, 0.2) is 0 Å². The van der Waals surface area contributed by atoms with E-state index in [-0.39, 0.29) is 11.2 Å². The summed E-state index contributed by atoms with van der Waals surface area (Å²) in [6.45, 7) is 5.93. The molecule has 0 radical (unpaired) electrons. The van der Waals surface area contributed by atoms with Crippen LogP contribution in [-0.4, -0.2) is 46.8 Å². The Bertz CT molecular complexity index is 962. The Kier molecular flexibility index (Phi) is 4.69. The molecule has 3 rings (SSSR count). The summed E-state index contributed by atoms with van der Waals surface area (Å²) < 4.78 is 31.7. The molecule has 1 atom stereocenters. The molecule has 3 heterocycles. The molecule has 142 valence electrons. The van der Waals surface area contributed by atoms with E-state index in [2.05, 4.69) is 4.98 Å². The molecule has 9 heteroatoms. The summed E-state index contributed by atoms with van der Waals surface area (Å²) in [5, 5.41) is 0.869. The zero-order chi connectivity index (χ0) is 19.3. The molecule has 1 saturated heterocycles. The van der Waals surface area contributed by atoms with Crippen LogP contribution in [0.2, 0.25) is 5.15 Å². The third kappa shape index (κ3) is 3.66. The van der Waals surface area contributed by atoms with Crippen LogP contribution in [0, 0.1) is 0 Å². The second-order valence-electron chi connectivity index (χ2n) is 7.49. The number of hydrogen-bond acceptors (Lipinski definition) is 5. The van der Waals surface area contributed by atoms with Crippen molar-refractivity contribution < 1.29 is 17.9 Å². The number of nitrogens with zero attached hydrogens (tertiary/aromatic N) is 3. The van der Waals surface area contributed by atoms with Gasteiger partial charge in [-0.05, 0) is 39.7 Å². The molecule has 0 saturated carbocycles. The number of aromatic nitrogens is 2. The fraction of sp³-hybridized carbons (Fsp3) is 0.529. The molecule has 1 aliphatic rings. The molecule has 7 nitrogen and oxygen atoms in total. The SMILES string of the molecule is CC(C)(C)OC(=O)N1CCC[C@@H]1c1cc2cnc(Cl)cc2n1S(C)(=O)=O. The van der Waals surface area contributed by atoms with Crippen molar-refractivity contribution in [3.8, 4) is 0 Å². The van der Waals surface area contributed by atoms with E-state index < -0.39 is 21.7 Å². The Hall–Kier alpha value is -1.80. The molecule has 2 aromatic heterocycles. The minimum Gasteiger partial charge on any atom is -0.444 e. The average Bonchev–Trinajstić information content (AvgIpc) is 3.07. The third-order valence-corrected chi connectivity index (χ3v) is 5.47. The van der Waals surface area contributed by atoms with Gasteiger partial charge < -0.3 is 4.74 Å². The van der Waals surface area contributed by atoms with Crippen LogP contribution in [0.3, 0.4) is 0 Å². The van der Waals surface area contributed by atoms with Crippen LogP contribution in [0.1, 0.15) is 45.3 Å². The first-order valence-corrected chi connectivity index (χ1v) is 10.6. The van der Waals surface area contributed by atoms with Crippen LogP contribution in [0.5, 0.6) is 0 Å². The van der Waals surface area contributed by atoms with Crippen LogP contribution in [0.4, 0.5) is 4.79 Å². The minimum atomic E-state index is -3.60. The van der Waals surface area contributed by atoms with Crippen molar-refractivity contribution in [3.63, 3.8) is 0 Å². The van der Waals surface area contributed by atoms with E-state index in [9.17, 15) is 13.2 Å². The number of fused-ring (bicyclic) bond motifs is 1. The van der Waals surface area contributed by atoms with E-state index in [0.29, 0.717) is 29.6 Å². The lowest BCUT2D eigenvalue weighted by molar-refractivity contribution is 0.0221. The Labute approximate surface area is 157 Å². The van der Waals surface area contributed by atoms with E-state index in [4.69, 9.17) is 16.3 Å². The highest BCUT2D eigenvalue weighted by atomic mass is 35.5. The summed E-state index contributed by atoms with van der Waals surface area (Å²) in [6, 6.07) is 2.90. The monoisotopic (exact) mass is 399 g/mol. The van der Waals surface area contributed by atoms with Gasteiger partial charge in [-0.3, -0.25) is 4.90 Å². The summed E-state index contributed by atoms with van der Waals surface area (Å²) in [5.41, 5.74) is 0.360. The van der Waals surface area contributed by atoms with Gasteiger partial charge in [0.1, 0.15) is 10.8 Å². The Morgan fingerprint density at radius 2 is 2.04 bits per heavy atom. The number of carbonyl (C=O) groups excluding carboxylic acids is 1. The molecular weight excluding hydrogens is 378 g/mol. The molecule has 2 aromatic rings. The van der Waals surface area contributed by atoms with Crippen LogP contribution in [-0.2, 0) is 14.8 Å². The highest BCUT2D eigenvalue weighted by Crippen LogP contribution is 2.37. The van der Waals surface area contributed by atoms with Crippen molar-refractivity contribution in [3.05, 3.63) is 29.2 Å². The van der Waals surface area contributed by atoms with E-state index in [1.165, 1.54) is 16.2 Å². The summed E-state index contributed by atoms with van der Waals surface area (Å²) in [5.74, 6) is 0. The van der Waals surface area contributed by atoms with Crippen molar-refractivity contribution >= 4 is 38.6 Å². The Morgan fingerprint density at radius 3 is 2.65 bits per heavy atom. The zero-order valence-corrected chi connectivity index (χ0v) is 16.8. The second kappa shape index (κ2) is 6.42. The summed E-state index contributed by atoms with van der Waals surface area (Å²) in [4.78, 5) is 18.2. The normalized spacial score (nSPS) is 18.5. The molecule has 0 spiro atoms. The first-order chi connectivity index (χ1) is 12.0. The Balaban J connectivity index is 2.11. The summed E-state index contributed by atoms with van der Waals surface area (Å²) in [7, 11) is -3.60. The maximum Gasteiger partial charge on any atom is 0.410 e. The largest absolute Gasteiger partial charge is 0.444 e. The van der Waals surface area contributed by atoms with Crippen LogP contribution < -0.4 is 0 Å². The quantitative estimate of drug-likeness (QED) is 0.721. The highest BCUT2D eigenvalue weighted by molar-refractivity contribution is 7.89. The number of hydrogen-bond donors (Lipinski definition) is 0. The van der Waals surface area contributed by atoms with Crippen LogP contribution in [0.25, 0.3) is 10.9 Å². The van der Waals surface area contributed by atoms with Gasteiger partial charge in [0, 0.05) is 24.2 Å². The smallest absolute Gasteiger partial charge is 0.410 e. The van der Waals surface area contributed by atoms with Gasteiger partial charge in [-0.2, -0.15) is 0 Å². The molecule has 1 aliphatic heterocycles. The number of carbonyl (C=O) groups is 1. The van der Waals surface area contributed by atoms with Crippen molar-refractivity contribution in [1.82, 2.24) is 13.9 Å². The van der Waals surface area contributed by atoms with Crippen molar-refractivity contribution in [1.29, 1.82) is 0 Å². The standard InChI is InChI=1S/C17H22ClN3O4S/c1-17(2,3)25-16(22)20-7-5-6-12(20)14-8-11-10-19-15(18)9-13(11)21(14)26(4,23)24/h8-10,12H,5-7H2,1-4H3/t12-/m1/s1. The van der Waals surface area contributed by atoms with Gasteiger partial charge >= 0.3 is 6.09 Å². The van der Waals surface area contributed by atoms with Crippen molar-refractivity contribution in [2.24, 2.45) is 0 Å². The van der Waals surface area contributed by atoms with Gasteiger partial charge in [-0.25, -0.2) is 22.2 Å². The molecule has 26 heavy (non-hydrogen) atoms.